The Morgan fingerprint density at radius 2 is 1.86 bits per heavy atom. The fourth-order valence-corrected chi connectivity index (χ4v) is 4.99. The summed E-state index contributed by atoms with van der Waals surface area (Å²) in [6.45, 7) is 5.91. The van der Waals surface area contributed by atoms with Crippen LogP contribution in [0.3, 0.4) is 0 Å². The fraction of sp³-hybridized carbons (Fsp3) is 0.600. The van der Waals surface area contributed by atoms with Crippen LogP contribution >= 0.6 is 0 Å². The minimum atomic E-state index is -3.57. The summed E-state index contributed by atoms with van der Waals surface area (Å²) >= 11 is 0. The van der Waals surface area contributed by atoms with Gasteiger partial charge in [-0.05, 0) is 56.9 Å². The smallest absolute Gasteiger partial charge is 0.243 e. The molecule has 1 aliphatic carbocycles. The lowest BCUT2D eigenvalue weighted by Gasteiger charge is -2.34. The standard InChI is InChI=1S/C20H28N4O4S/c1-3-28-17-6-8-18(9-7-17)29(26,27)24-12-10-23(11-13-24)14-19(25)22-20(2,15-21)16-4-5-16/h6-9,16H,3-5,10-14H2,1-2H3,(H,22,25)/t20-/m1/s1. The van der Waals surface area contributed by atoms with Crippen molar-refractivity contribution in [2.75, 3.05) is 39.3 Å². The van der Waals surface area contributed by atoms with Crippen molar-refractivity contribution in [3.63, 3.8) is 0 Å². The van der Waals surface area contributed by atoms with Gasteiger partial charge in [-0.2, -0.15) is 9.57 Å². The van der Waals surface area contributed by atoms with Gasteiger partial charge in [-0.3, -0.25) is 9.69 Å². The summed E-state index contributed by atoms with van der Waals surface area (Å²) in [4.78, 5) is 14.5. The maximum Gasteiger partial charge on any atom is 0.243 e. The zero-order valence-corrected chi connectivity index (χ0v) is 17.7. The average molecular weight is 421 g/mol. The van der Waals surface area contributed by atoms with Crippen molar-refractivity contribution in [1.82, 2.24) is 14.5 Å². The minimum Gasteiger partial charge on any atom is -0.494 e. The number of benzene rings is 1. The second-order valence-electron chi connectivity index (χ2n) is 7.72. The lowest BCUT2D eigenvalue weighted by atomic mass is 9.98. The largest absolute Gasteiger partial charge is 0.494 e. The third-order valence-electron chi connectivity index (χ3n) is 5.50. The van der Waals surface area contributed by atoms with Crippen LogP contribution in [0.1, 0.15) is 26.7 Å². The molecule has 1 aliphatic heterocycles. The lowest BCUT2D eigenvalue weighted by molar-refractivity contribution is -0.123. The molecule has 8 nitrogen and oxygen atoms in total. The highest BCUT2D eigenvalue weighted by atomic mass is 32.2. The van der Waals surface area contributed by atoms with E-state index in [0.717, 1.165) is 12.8 Å². The van der Waals surface area contributed by atoms with Crippen molar-refractivity contribution in [2.24, 2.45) is 5.92 Å². The summed E-state index contributed by atoms with van der Waals surface area (Å²) in [5, 5.41) is 12.2. The number of nitriles is 1. The predicted molar refractivity (Wildman–Crippen MR) is 108 cm³/mol. The molecule has 29 heavy (non-hydrogen) atoms. The van der Waals surface area contributed by atoms with Crippen LogP contribution in [0.25, 0.3) is 0 Å². The summed E-state index contributed by atoms with van der Waals surface area (Å²) in [7, 11) is -3.57. The highest BCUT2D eigenvalue weighted by molar-refractivity contribution is 7.89. The number of carbonyl (C=O) groups is 1. The maximum atomic E-state index is 12.8. The van der Waals surface area contributed by atoms with Gasteiger partial charge in [0.2, 0.25) is 15.9 Å². The molecule has 2 aliphatic rings. The summed E-state index contributed by atoms with van der Waals surface area (Å²) in [6, 6.07) is 8.64. The summed E-state index contributed by atoms with van der Waals surface area (Å²) in [5.41, 5.74) is -0.810. The number of nitrogens with one attached hydrogen (secondary N) is 1. The number of amides is 1. The third-order valence-corrected chi connectivity index (χ3v) is 7.41. The predicted octanol–water partition coefficient (Wildman–Crippen LogP) is 1.20. The Hall–Kier alpha value is -2.15. The molecule has 0 bridgehead atoms. The van der Waals surface area contributed by atoms with Gasteiger partial charge >= 0.3 is 0 Å². The van der Waals surface area contributed by atoms with E-state index >= 15 is 0 Å². The summed E-state index contributed by atoms with van der Waals surface area (Å²) < 4.78 is 32.5. The zero-order valence-electron chi connectivity index (χ0n) is 16.9. The van der Waals surface area contributed by atoms with Crippen LogP contribution in [-0.2, 0) is 14.8 Å². The molecular formula is C20H28N4O4S. The van der Waals surface area contributed by atoms with E-state index in [9.17, 15) is 18.5 Å². The molecule has 0 unspecified atom stereocenters. The van der Waals surface area contributed by atoms with Gasteiger partial charge in [0.25, 0.3) is 0 Å². The molecular weight excluding hydrogens is 392 g/mol. The Labute approximate surface area is 172 Å². The van der Waals surface area contributed by atoms with Crippen LogP contribution < -0.4 is 10.1 Å². The van der Waals surface area contributed by atoms with Crippen LogP contribution in [0.4, 0.5) is 0 Å². The highest BCUT2D eigenvalue weighted by Crippen LogP contribution is 2.39. The van der Waals surface area contributed by atoms with E-state index < -0.39 is 15.6 Å². The van der Waals surface area contributed by atoms with E-state index in [1.807, 2.05) is 11.8 Å². The van der Waals surface area contributed by atoms with Crippen molar-refractivity contribution in [3.8, 4) is 11.8 Å². The monoisotopic (exact) mass is 420 g/mol. The van der Waals surface area contributed by atoms with E-state index in [1.165, 1.54) is 4.31 Å². The summed E-state index contributed by atoms with van der Waals surface area (Å²) in [5.74, 6) is 0.675. The van der Waals surface area contributed by atoms with Crippen LogP contribution in [0.5, 0.6) is 5.75 Å². The second kappa shape index (κ2) is 8.69. The Kier molecular flexibility index (Phi) is 6.46. The number of sulfonamides is 1. The molecule has 1 aromatic rings. The molecule has 1 amide bonds. The first-order valence-electron chi connectivity index (χ1n) is 9.96. The van der Waals surface area contributed by atoms with Gasteiger partial charge in [0.05, 0.1) is 24.1 Å². The number of rotatable bonds is 8. The third kappa shape index (κ3) is 5.07. The van der Waals surface area contributed by atoms with E-state index in [2.05, 4.69) is 11.4 Å². The fourth-order valence-electron chi connectivity index (χ4n) is 3.57. The van der Waals surface area contributed by atoms with Crippen molar-refractivity contribution in [2.45, 2.75) is 37.1 Å². The van der Waals surface area contributed by atoms with Crippen LogP contribution in [-0.4, -0.2) is 68.4 Å². The quantitative estimate of drug-likeness (QED) is 0.678. The van der Waals surface area contributed by atoms with Crippen molar-refractivity contribution >= 4 is 15.9 Å². The van der Waals surface area contributed by atoms with Gasteiger partial charge in [-0.25, -0.2) is 8.42 Å². The molecule has 0 aromatic heterocycles. The molecule has 1 atom stereocenters. The first-order chi connectivity index (χ1) is 13.8. The molecule has 1 N–H and O–H groups in total. The van der Waals surface area contributed by atoms with Gasteiger partial charge in [0.15, 0.2) is 0 Å². The Balaban J connectivity index is 1.53. The number of hydrogen-bond acceptors (Lipinski definition) is 6. The van der Waals surface area contributed by atoms with Gasteiger partial charge in [-0.15, -0.1) is 0 Å². The molecule has 0 radical (unpaired) electrons. The topological polar surface area (TPSA) is 103 Å². The lowest BCUT2D eigenvalue weighted by Crippen LogP contribution is -2.54. The molecule has 1 saturated heterocycles. The second-order valence-corrected chi connectivity index (χ2v) is 9.66. The number of nitrogens with zero attached hydrogens (tertiary/aromatic N) is 3. The Bertz CT molecular complexity index is 869. The van der Waals surface area contributed by atoms with Crippen molar-refractivity contribution in [3.05, 3.63) is 24.3 Å². The van der Waals surface area contributed by atoms with Gasteiger partial charge in [-0.1, -0.05) is 0 Å². The van der Waals surface area contributed by atoms with Crippen molar-refractivity contribution < 1.29 is 17.9 Å². The van der Waals surface area contributed by atoms with Gasteiger partial charge < -0.3 is 10.1 Å². The minimum absolute atomic E-state index is 0.168. The Morgan fingerprint density at radius 1 is 1.24 bits per heavy atom. The molecule has 9 heteroatoms. The molecule has 1 saturated carbocycles. The van der Waals surface area contributed by atoms with Gasteiger partial charge in [0.1, 0.15) is 11.3 Å². The maximum absolute atomic E-state index is 12.8. The Morgan fingerprint density at radius 3 is 2.38 bits per heavy atom. The van der Waals surface area contributed by atoms with Crippen LogP contribution in [0.2, 0.25) is 0 Å². The average Bonchev–Trinajstić information content (AvgIpc) is 3.55. The molecule has 0 spiro atoms. The number of carbonyl (C=O) groups excluding carboxylic acids is 1. The molecule has 158 valence electrons. The number of hydrogen-bond donors (Lipinski definition) is 1. The molecule has 1 heterocycles. The van der Waals surface area contributed by atoms with Crippen LogP contribution in [0, 0.1) is 17.2 Å². The van der Waals surface area contributed by atoms with E-state index in [-0.39, 0.29) is 23.3 Å². The van der Waals surface area contributed by atoms with Crippen LogP contribution in [0.15, 0.2) is 29.2 Å². The molecule has 2 fully saturated rings. The van der Waals surface area contributed by atoms with Crippen molar-refractivity contribution in [1.29, 1.82) is 5.26 Å². The van der Waals surface area contributed by atoms with E-state index in [0.29, 0.717) is 38.5 Å². The summed E-state index contributed by atoms with van der Waals surface area (Å²) in [6.07, 6.45) is 1.93. The van der Waals surface area contributed by atoms with E-state index in [1.54, 1.807) is 31.2 Å². The number of piperazine rings is 1. The normalized spacial score (nSPS) is 20.4. The molecule has 1 aromatic carbocycles. The number of ether oxygens (including phenoxy) is 1. The van der Waals surface area contributed by atoms with Gasteiger partial charge in [0, 0.05) is 26.2 Å². The zero-order chi connectivity index (χ0) is 21.1. The first-order valence-corrected chi connectivity index (χ1v) is 11.4. The SMILES string of the molecule is CCOc1ccc(S(=O)(=O)N2CCN(CC(=O)N[C@](C)(C#N)C3CC3)CC2)cc1. The molecule has 3 rings (SSSR count). The van der Waals surface area contributed by atoms with E-state index in [4.69, 9.17) is 4.74 Å². The first kappa shape index (κ1) is 21.6. The highest BCUT2D eigenvalue weighted by Gasteiger charge is 2.43.